The van der Waals surface area contributed by atoms with Crippen molar-refractivity contribution < 1.29 is 9.47 Å². The molecule has 0 atom stereocenters. The highest BCUT2D eigenvalue weighted by molar-refractivity contribution is 4.94. The highest BCUT2D eigenvalue weighted by atomic mass is 16.5. The van der Waals surface area contributed by atoms with E-state index in [9.17, 15) is 0 Å². The van der Waals surface area contributed by atoms with Crippen LogP contribution in [0.3, 0.4) is 0 Å². The van der Waals surface area contributed by atoms with Crippen LogP contribution in [0.25, 0.3) is 0 Å². The second-order valence-corrected chi connectivity index (χ2v) is 5.39. The second-order valence-electron chi connectivity index (χ2n) is 5.39. The lowest BCUT2D eigenvalue weighted by atomic mass is 10.3. The van der Waals surface area contributed by atoms with Crippen LogP contribution < -0.4 is 10.6 Å². The highest BCUT2D eigenvalue weighted by Crippen LogP contribution is 1.97. The summed E-state index contributed by atoms with van der Waals surface area (Å²) in [6, 6.07) is 0.500. The zero-order valence-corrected chi connectivity index (χ0v) is 14.2. The summed E-state index contributed by atoms with van der Waals surface area (Å²) in [4.78, 5) is 0. The van der Waals surface area contributed by atoms with Crippen LogP contribution in [0, 0.1) is 0 Å². The third kappa shape index (κ3) is 9.09. The van der Waals surface area contributed by atoms with Gasteiger partial charge in [-0.15, -0.1) is 5.10 Å². The SMILES string of the molecule is CCNCCOCCOCCn1nncc1CCNC(C)C. The predicted octanol–water partition coefficient (Wildman–Crippen LogP) is 0.461. The van der Waals surface area contributed by atoms with Gasteiger partial charge in [0.15, 0.2) is 0 Å². The number of hydrogen-bond donors (Lipinski definition) is 2. The lowest BCUT2D eigenvalue weighted by molar-refractivity contribution is 0.0448. The van der Waals surface area contributed by atoms with Crippen LogP contribution in [-0.4, -0.2) is 67.1 Å². The zero-order chi connectivity index (χ0) is 16.0. The molecule has 2 N–H and O–H groups in total. The first-order chi connectivity index (χ1) is 10.7. The minimum atomic E-state index is 0.500. The van der Waals surface area contributed by atoms with Gasteiger partial charge in [0.25, 0.3) is 0 Å². The maximum atomic E-state index is 5.56. The molecule has 22 heavy (non-hydrogen) atoms. The Kier molecular flexibility index (Phi) is 10.8. The van der Waals surface area contributed by atoms with Crippen molar-refractivity contribution in [2.45, 2.75) is 39.8 Å². The molecule has 1 aromatic rings. The van der Waals surface area contributed by atoms with Crippen LogP contribution >= 0.6 is 0 Å². The van der Waals surface area contributed by atoms with Gasteiger partial charge >= 0.3 is 0 Å². The van der Waals surface area contributed by atoms with E-state index >= 15 is 0 Å². The molecule has 0 fully saturated rings. The highest BCUT2D eigenvalue weighted by Gasteiger charge is 2.04. The van der Waals surface area contributed by atoms with Gasteiger partial charge < -0.3 is 20.1 Å². The zero-order valence-electron chi connectivity index (χ0n) is 14.2. The Hall–Kier alpha value is -1.02. The van der Waals surface area contributed by atoms with Crippen LogP contribution in [0.15, 0.2) is 6.20 Å². The minimum absolute atomic E-state index is 0.500. The number of nitrogens with one attached hydrogen (secondary N) is 2. The maximum absolute atomic E-state index is 5.56. The molecule has 0 amide bonds. The predicted molar refractivity (Wildman–Crippen MR) is 87.0 cm³/mol. The Morgan fingerprint density at radius 1 is 1.14 bits per heavy atom. The monoisotopic (exact) mass is 313 g/mol. The summed E-state index contributed by atoms with van der Waals surface area (Å²) >= 11 is 0. The van der Waals surface area contributed by atoms with E-state index in [-0.39, 0.29) is 0 Å². The van der Waals surface area contributed by atoms with Crippen molar-refractivity contribution in [3.05, 3.63) is 11.9 Å². The normalized spacial score (nSPS) is 11.5. The van der Waals surface area contributed by atoms with Crippen molar-refractivity contribution in [1.29, 1.82) is 0 Å². The molecule has 7 nitrogen and oxygen atoms in total. The molecular weight excluding hydrogens is 282 g/mol. The van der Waals surface area contributed by atoms with E-state index in [0.717, 1.165) is 44.9 Å². The van der Waals surface area contributed by atoms with Crippen molar-refractivity contribution in [3.63, 3.8) is 0 Å². The largest absolute Gasteiger partial charge is 0.378 e. The fourth-order valence-electron chi connectivity index (χ4n) is 1.94. The summed E-state index contributed by atoms with van der Waals surface area (Å²) in [6.07, 6.45) is 2.75. The Balaban J connectivity index is 2.04. The van der Waals surface area contributed by atoms with E-state index in [0.29, 0.717) is 25.9 Å². The van der Waals surface area contributed by atoms with Gasteiger partial charge in [0.2, 0.25) is 0 Å². The first kappa shape index (κ1) is 19.0. The lowest BCUT2D eigenvalue weighted by Crippen LogP contribution is -2.26. The summed E-state index contributed by atoms with van der Waals surface area (Å²) in [7, 11) is 0. The molecule has 0 unspecified atom stereocenters. The number of likely N-dealkylation sites (N-methyl/N-ethyl adjacent to an activating group) is 1. The topological polar surface area (TPSA) is 73.2 Å². The molecule has 1 heterocycles. The van der Waals surface area contributed by atoms with Crippen molar-refractivity contribution in [2.24, 2.45) is 0 Å². The van der Waals surface area contributed by atoms with Gasteiger partial charge in [-0.3, -0.25) is 0 Å². The third-order valence-electron chi connectivity index (χ3n) is 3.12. The van der Waals surface area contributed by atoms with E-state index in [2.05, 4.69) is 41.7 Å². The number of aromatic nitrogens is 3. The van der Waals surface area contributed by atoms with E-state index in [1.54, 1.807) is 0 Å². The quantitative estimate of drug-likeness (QED) is 0.486. The van der Waals surface area contributed by atoms with Gasteiger partial charge in [0.1, 0.15) is 0 Å². The third-order valence-corrected chi connectivity index (χ3v) is 3.12. The summed E-state index contributed by atoms with van der Waals surface area (Å²) in [5, 5.41) is 14.7. The first-order valence-corrected chi connectivity index (χ1v) is 8.21. The number of nitrogens with zero attached hydrogens (tertiary/aromatic N) is 3. The number of rotatable bonds is 14. The van der Waals surface area contributed by atoms with E-state index in [1.807, 2.05) is 10.9 Å². The molecule has 0 saturated carbocycles. The molecular formula is C15H31N5O2. The smallest absolute Gasteiger partial charge is 0.0725 e. The summed E-state index contributed by atoms with van der Waals surface area (Å²) in [5.74, 6) is 0. The summed E-state index contributed by atoms with van der Waals surface area (Å²) in [5.41, 5.74) is 1.14. The van der Waals surface area contributed by atoms with Crippen LogP contribution in [-0.2, 0) is 22.4 Å². The van der Waals surface area contributed by atoms with E-state index < -0.39 is 0 Å². The molecule has 0 aliphatic rings. The molecule has 0 aromatic carbocycles. The van der Waals surface area contributed by atoms with Gasteiger partial charge in [0.05, 0.1) is 44.9 Å². The molecule has 0 spiro atoms. The van der Waals surface area contributed by atoms with Gasteiger partial charge in [0, 0.05) is 25.6 Å². The van der Waals surface area contributed by atoms with Crippen molar-refractivity contribution in [3.8, 4) is 0 Å². The molecule has 0 aliphatic heterocycles. The van der Waals surface area contributed by atoms with Crippen molar-refractivity contribution in [2.75, 3.05) is 46.1 Å². The number of hydrogen-bond acceptors (Lipinski definition) is 6. The first-order valence-electron chi connectivity index (χ1n) is 8.21. The van der Waals surface area contributed by atoms with Gasteiger partial charge in [-0.05, 0) is 6.54 Å². The average molecular weight is 313 g/mol. The molecule has 1 rings (SSSR count). The van der Waals surface area contributed by atoms with Gasteiger partial charge in [-0.25, -0.2) is 4.68 Å². The van der Waals surface area contributed by atoms with Crippen molar-refractivity contribution >= 4 is 0 Å². The molecule has 0 aliphatic carbocycles. The summed E-state index contributed by atoms with van der Waals surface area (Å²) < 4.78 is 12.9. The molecule has 0 saturated heterocycles. The molecule has 128 valence electrons. The van der Waals surface area contributed by atoms with E-state index in [1.165, 1.54) is 0 Å². The van der Waals surface area contributed by atoms with E-state index in [4.69, 9.17) is 9.47 Å². The van der Waals surface area contributed by atoms with Crippen LogP contribution in [0.2, 0.25) is 0 Å². The lowest BCUT2D eigenvalue weighted by Gasteiger charge is -2.10. The van der Waals surface area contributed by atoms with Crippen LogP contribution in [0.1, 0.15) is 26.5 Å². The van der Waals surface area contributed by atoms with Crippen LogP contribution in [0.5, 0.6) is 0 Å². The van der Waals surface area contributed by atoms with Gasteiger partial charge in [-0.1, -0.05) is 26.0 Å². The van der Waals surface area contributed by atoms with Crippen LogP contribution in [0.4, 0.5) is 0 Å². The standard InChI is InChI=1S/C15H31N5O2/c1-4-16-7-9-21-11-12-22-10-8-20-15(13-18-19-20)5-6-17-14(2)3/h13-14,16-17H,4-12H2,1-3H3. The van der Waals surface area contributed by atoms with Crippen molar-refractivity contribution in [1.82, 2.24) is 25.6 Å². The van der Waals surface area contributed by atoms with Gasteiger partial charge in [-0.2, -0.15) is 0 Å². The second kappa shape index (κ2) is 12.5. The number of ether oxygens (including phenoxy) is 2. The average Bonchev–Trinajstić information content (AvgIpc) is 2.93. The molecule has 7 heteroatoms. The Labute approximate surface area is 133 Å². The Morgan fingerprint density at radius 2 is 1.91 bits per heavy atom. The fourth-order valence-corrected chi connectivity index (χ4v) is 1.94. The molecule has 1 aromatic heterocycles. The minimum Gasteiger partial charge on any atom is -0.378 e. The fraction of sp³-hybridized carbons (Fsp3) is 0.867. The Bertz CT molecular complexity index is 371. The molecule has 0 bridgehead atoms. The Morgan fingerprint density at radius 3 is 2.64 bits per heavy atom. The molecule has 0 radical (unpaired) electrons. The maximum Gasteiger partial charge on any atom is 0.0725 e. The summed E-state index contributed by atoms with van der Waals surface area (Å²) in [6.45, 7) is 12.5.